The average Bonchev–Trinajstić information content (AvgIpc) is 2.91. The van der Waals surface area contributed by atoms with Crippen molar-refractivity contribution in [1.29, 1.82) is 0 Å². The lowest BCUT2D eigenvalue weighted by atomic mass is 9.89. The number of carbonyl (C=O) groups excluding carboxylic acids is 1. The summed E-state index contributed by atoms with van der Waals surface area (Å²) in [6.07, 6.45) is 3.02. The van der Waals surface area contributed by atoms with E-state index in [2.05, 4.69) is 60.0 Å². The second-order valence-corrected chi connectivity index (χ2v) is 13.4. The van der Waals surface area contributed by atoms with Gasteiger partial charge in [0, 0.05) is 36.3 Å². The molecule has 3 aromatic rings. The molecule has 1 unspecified atom stereocenters. The van der Waals surface area contributed by atoms with Crippen molar-refractivity contribution in [2.24, 2.45) is 0 Å². The maximum Gasteiger partial charge on any atom is 0.229 e. The fourth-order valence-electron chi connectivity index (χ4n) is 5.03. The molecule has 1 saturated heterocycles. The highest BCUT2D eigenvalue weighted by Crippen LogP contribution is 2.33. The zero-order chi connectivity index (χ0) is 29.1. The molecule has 1 aliphatic rings. The van der Waals surface area contributed by atoms with Gasteiger partial charge in [0.2, 0.25) is 15.9 Å². The molecule has 1 fully saturated rings. The Kier molecular flexibility index (Phi) is 8.83. The SMILES string of the molecule is CC(C(=O)NCc1ccc(C(C)(C)C)nc1N1CCC(c2ccccc2)CC1)c1ccc(NS(C)(=O)=O)c(F)c1. The summed E-state index contributed by atoms with van der Waals surface area (Å²) >= 11 is 0. The number of carbonyl (C=O) groups is 1. The highest BCUT2D eigenvalue weighted by molar-refractivity contribution is 7.92. The molecule has 2 aromatic carbocycles. The number of pyridine rings is 1. The molecule has 0 saturated carbocycles. The second kappa shape index (κ2) is 12.0. The smallest absolute Gasteiger partial charge is 0.229 e. The predicted octanol–water partition coefficient (Wildman–Crippen LogP) is 5.69. The van der Waals surface area contributed by atoms with E-state index < -0.39 is 21.8 Å². The minimum atomic E-state index is -3.61. The summed E-state index contributed by atoms with van der Waals surface area (Å²) in [5.74, 6) is -0.197. The van der Waals surface area contributed by atoms with E-state index in [1.807, 2.05) is 18.2 Å². The Bertz CT molecular complexity index is 1450. The number of anilines is 2. The average molecular weight is 567 g/mol. The number of amides is 1. The molecular formula is C31H39FN4O3S. The molecule has 9 heteroatoms. The third kappa shape index (κ3) is 7.38. The molecule has 1 amide bonds. The normalized spacial score (nSPS) is 15.5. The van der Waals surface area contributed by atoms with Gasteiger partial charge in [-0.15, -0.1) is 0 Å². The standard InChI is InChI=1S/C31H39FN4O3S/c1-21(24-11-13-27(26(32)19-24)35-40(5,38)39)30(37)33-20-25-12-14-28(31(2,3)4)34-29(25)36-17-15-23(16-18-36)22-9-7-6-8-10-22/h6-14,19,21,23,35H,15-18,20H2,1-5H3,(H,33,37). The van der Waals surface area contributed by atoms with Crippen LogP contribution < -0.4 is 14.9 Å². The molecule has 0 radical (unpaired) electrons. The predicted molar refractivity (Wildman–Crippen MR) is 159 cm³/mol. The Hall–Kier alpha value is -3.46. The number of nitrogens with zero attached hydrogens (tertiary/aromatic N) is 2. The first-order chi connectivity index (χ1) is 18.8. The molecule has 1 aromatic heterocycles. The second-order valence-electron chi connectivity index (χ2n) is 11.7. The largest absolute Gasteiger partial charge is 0.356 e. The van der Waals surface area contributed by atoms with Crippen LogP contribution >= 0.6 is 0 Å². The molecule has 7 nitrogen and oxygen atoms in total. The third-order valence-electron chi connectivity index (χ3n) is 7.42. The summed E-state index contributed by atoms with van der Waals surface area (Å²) in [6.45, 7) is 10.2. The molecule has 0 bridgehead atoms. The van der Waals surface area contributed by atoms with Crippen molar-refractivity contribution >= 4 is 27.4 Å². The highest BCUT2D eigenvalue weighted by atomic mass is 32.2. The first-order valence-electron chi connectivity index (χ1n) is 13.7. The monoisotopic (exact) mass is 566 g/mol. The summed E-state index contributed by atoms with van der Waals surface area (Å²) in [6, 6.07) is 18.8. The van der Waals surface area contributed by atoms with E-state index in [4.69, 9.17) is 4.98 Å². The van der Waals surface area contributed by atoms with Crippen LogP contribution in [0.1, 0.15) is 74.8 Å². The van der Waals surface area contributed by atoms with Gasteiger partial charge in [0.15, 0.2) is 0 Å². The van der Waals surface area contributed by atoms with Gasteiger partial charge in [-0.1, -0.05) is 63.2 Å². The molecule has 2 N–H and O–H groups in total. The quantitative estimate of drug-likeness (QED) is 0.365. The fourth-order valence-corrected chi connectivity index (χ4v) is 5.59. The number of sulfonamides is 1. The summed E-state index contributed by atoms with van der Waals surface area (Å²) in [5, 5.41) is 3.00. The first-order valence-corrected chi connectivity index (χ1v) is 15.6. The van der Waals surface area contributed by atoms with E-state index in [9.17, 15) is 17.6 Å². The van der Waals surface area contributed by atoms with Crippen LogP contribution in [0, 0.1) is 5.82 Å². The van der Waals surface area contributed by atoms with Gasteiger partial charge in [0.25, 0.3) is 0 Å². The number of halogens is 1. The number of hydrogen-bond acceptors (Lipinski definition) is 5. The maximum absolute atomic E-state index is 14.5. The molecular weight excluding hydrogens is 527 g/mol. The van der Waals surface area contributed by atoms with E-state index in [-0.39, 0.29) is 17.0 Å². The van der Waals surface area contributed by atoms with Crippen molar-refractivity contribution in [1.82, 2.24) is 10.3 Å². The van der Waals surface area contributed by atoms with Crippen LogP contribution in [-0.4, -0.2) is 38.7 Å². The Morgan fingerprint density at radius 1 is 1.07 bits per heavy atom. The van der Waals surface area contributed by atoms with Crippen molar-refractivity contribution in [2.45, 2.75) is 64.3 Å². The first kappa shape index (κ1) is 29.5. The van der Waals surface area contributed by atoms with Crippen molar-refractivity contribution in [3.05, 3.63) is 88.9 Å². The molecule has 2 heterocycles. The fraction of sp³-hybridized carbons (Fsp3) is 0.419. The van der Waals surface area contributed by atoms with Crippen molar-refractivity contribution < 1.29 is 17.6 Å². The molecule has 4 rings (SSSR count). The van der Waals surface area contributed by atoms with Crippen molar-refractivity contribution in [2.75, 3.05) is 29.0 Å². The van der Waals surface area contributed by atoms with Gasteiger partial charge in [0.05, 0.1) is 17.9 Å². The molecule has 0 aliphatic carbocycles. The number of piperidine rings is 1. The Morgan fingerprint density at radius 3 is 2.35 bits per heavy atom. The highest BCUT2D eigenvalue weighted by Gasteiger charge is 2.26. The maximum atomic E-state index is 14.5. The third-order valence-corrected chi connectivity index (χ3v) is 8.02. The summed E-state index contributed by atoms with van der Waals surface area (Å²) in [5.41, 5.74) is 3.50. The van der Waals surface area contributed by atoms with Crippen molar-refractivity contribution in [3.8, 4) is 0 Å². The zero-order valence-electron chi connectivity index (χ0n) is 23.9. The van der Waals surface area contributed by atoms with E-state index >= 15 is 0 Å². The van der Waals surface area contributed by atoms with Crippen LogP contribution in [0.2, 0.25) is 0 Å². The van der Waals surface area contributed by atoms with Gasteiger partial charge >= 0.3 is 0 Å². The number of benzene rings is 2. The van der Waals surface area contributed by atoms with Crippen molar-refractivity contribution in [3.63, 3.8) is 0 Å². The van der Waals surface area contributed by atoms with Crippen LogP contribution in [0.25, 0.3) is 0 Å². The molecule has 0 spiro atoms. The van der Waals surface area contributed by atoms with E-state index in [0.717, 1.165) is 49.3 Å². The zero-order valence-corrected chi connectivity index (χ0v) is 24.7. The van der Waals surface area contributed by atoms with Gasteiger partial charge in [-0.05, 0) is 55.0 Å². The summed E-state index contributed by atoms with van der Waals surface area (Å²) in [4.78, 5) is 20.5. The van der Waals surface area contributed by atoms with Crippen LogP contribution in [-0.2, 0) is 26.8 Å². The van der Waals surface area contributed by atoms with Crippen LogP contribution in [0.3, 0.4) is 0 Å². The van der Waals surface area contributed by atoms with Gasteiger partial charge in [-0.2, -0.15) is 0 Å². The molecule has 1 aliphatic heterocycles. The Labute approximate surface area is 237 Å². The number of hydrogen-bond donors (Lipinski definition) is 2. The lowest BCUT2D eigenvalue weighted by Gasteiger charge is -2.35. The molecule has 40 heavy (non-hydrogen) atoms. The van der Waals surface area contributed by atoms with Gasteiger partial charge < -0.3 is 10.2 Å². The lowest BCUT2D eigenvalue weighted by molar-refractivity contribution is -0.122. The molecule has 1 atom stereocenters. The van der Waals surface area contributed by atoms with Crippen LogP contribution in [0.4, 0.5) is 15.9 Å². The van der Waals surface area contributed by atoms with Gasteiger partial charge in [-0.25, -0.2) is 17.8 Å². The van der Waals surface area contributed by atoms with Gasteiger partial charge in [0.1, 0.15) is 11.6 Å². The minimum absolute atomic E-state index is 0.115. The van der Waals surface area contributed by atoms with E-state index in [0.29, 0.717) is 18.0 Å². The molecule has 214 valence electrons. The lowest BCUT2D eigenvalue weighted by Crippen LogP contribution is -2.36. The van der Waals surface area contributed by atoms with E-state index in [1.54, 1.807) is 13.0 Å². The Balaban J connectivity index is 1.48. The van der Waals surface area contributed by atoms with Crippen LogP contribution in [0.5, 0.6) is 0 Å². The van der Waals surface area contributed by atoms with Crippen LogP contribution in [0.15, 0.2) is 60.7 Å². The van der Waals surface area contributed by atoms with E-state index in [1.165, 1.54) is 17.7 Å². The van der Waals surface area contributed by atoms with Gasteiger partial charge in [-0.3, -0.25) is 9.52 Å². The Morgan fingerprint density at radius 2 is 1.75 bits per heavy atom. The number of rotatable bonds is 8. The number of aromatic nitrogens is 1. The summed E-state index contributed by atoms with van der Waals surface area (Å²) in [7, 11) is -3.61. The minimum Gasteiger partial charge on any atom is -0.356 e. The number of nitrogens with one attached hydrogen (secondary N) is 2. The topological polar surface area (TPSA) is 91.4 Å². The summed E-state index contributed by atoms with van der Waals surface area (Å²) < 4.78 is 39.5.